The third-order valence-electron chi connectivity index (χ3n) is 1.26. The second kappa shape index (κ2) is 4.31. The fraction of sp³-hybridized carbons (Fsp3) is 0.286. The zero-order chi connectivity index (χ0) is 11.4. The van der Waals surface area contributed by atoms with Gasteiger partial charge in [-0.05, 0) is 13.8 Å². The van der Waals surface area contributed by atoms with E-state index in [1.54, 1.807) is 13.8 Å². The first-order valence-corrected chi connectivity index (χ1v) is 3.93. The van der Waals surface area contributed by atoms with Gasteiger partial charge in [0.05, 0.1) is 15.8 Å². The Labute approximate surface area is 84.2 Å². The summed E-state index contributed by atoms with van der Waals surface area (Å²) in [6, 6.07) is 1.17. The first-order chi connectivity index (χ1) is 7.00. The Morgan fingerprint density at radius 3 is 2.80 bits per heavy atom. The Hall–Kier alpha value is -2.25. The van der Waals surface area contributed by atoms with Crippen molar-refractivity contribution in [3.63, 3.8) is 0 Å². The van der Waals surface area contributed by atoms with Crippen molar-refractivity contribution in [3.05, 3.63) is 28.1 Å². The molecule has 15 heavy (non-hydrogen) atoms. The molecule has 8 nitrogen and oxygen atoms in total. The number of carbonyl (C=O) groups is 1. The van der Waals surface area contributed by atoms with Gasteiger partial charge in [0.1, 0.15) is 6.20 Å². The topological polar surface area (TPSA) is 99.6 Å². The van der Waals surface area contributed by atoms with Crippen LogP contribution in [0.25, 0.3) is 0 Å². The van der Waals surface area contributed by atoms with Gasteiger partial charge in [0.15, 0.2) is 0 Å². The molecule has 0 aliphatic rings. The van der Waals surface area contributed by atoms with Crippen LogP contribution in [0.15, 0.2) is 17.4 Å². The normalized spacial score (nSPS) is 9.47. The highest BCUT2D eigenvalue weighted by Crippen LogP contribution is 1.98. The zero-order valence-corrected chi connectivity index (χ0v) is 8.08. The van der Waals surface area contributed by atoms with Gasteiger partial charge in [0.2, 0.25) is 0 Å². The van der Waals surface area contributed by atoms with E-state index < -0.39 is 11.0 Å². The summed E-state index contributed by atoms with van der Waals surface area (Å²) < 4.78 is 0. The third kappa shape index (κ3) is 2.86. The van der Waals surface area contributed by atoms with Gasteiger partial charge in [-0.3, -0.25) is 0 Å². The van der Waals surface area contributed by atoms with Gasteiger partial charge >= 0.3 is 5.97 Å². The maximum absolute atomic E-state index is 11.2. The largest absolute Gasteiger partial charge is 0.411 e. The molecule has 0 aliphatic heterocycles. The Bertz CT molecular complexity index is 418. The van der Waals surface area contributed by atoms with Crippen molar-refractivity contribution in [1.82, 2.24) is 9.89 Å². The van der Waals surface area contributed by atoms with Crippen LogP contribution in [0.2, 0.25) is 0 Å². The quantitative estimate of drug-likeness (QED) is 0.314. The van der Waals surface area contributed by atoms with Gasteiger partial charge < -0.3 is 15.0 Å². The number of hydrogen-bond donors (Lipinski definition) is 0. The molecule has 0 atom stereocenters. The Morgan fingerprint density at radius 2 is 2.33 bits per heavy atom. The van der Waals surface area contributed by atoms with E-state index in [0.29, 0.717) is 10.5 Å². The number of nitrogens with zero attached hydrogens (tertiary/aromatic N) is 4. The molecular formula is C7H8N4O4. The summed E-state index contributed by atoms with van der Waals surface area (Å²) in [5.41, 5.74) is 0.383. The molecule has 0 aliphatic carbocycles. The Balaban J connectivity index is 2.75. The molecule has 0 bridgehead atoms. The molecule has 0 spiro atoms. The van der Waals surface area contributed by atoms with Gasteiger partial charge in [-0.2, -0.15) is 0 Å². The molecule has 8 heteroatoms. The highest BCUT2D eigenvalue weighted by molar-refractivity contribution is 5.88. The van der Waals surface area contributed by atoms with Gasteiger partial charge in [-0.15, -0.1) is 0 Å². The van der Waals surface area contributed by atoms with Gasteiger partial charge in [0, 0.05) is 10.9 Å². The maximum atomic E-state index is 11.2. The predicted octanol–water partition coefficient (Wildman–Crippen LogP) is 0.476. The Morgan fingerprint density at radius 1 is 1.67 bits per heavy atom. The minimum absolute atomic E-state index is 0.170. The summed E-state index contributed by atoms with van der Waals surface area (Å²) in [7, 11) is 0. The fourth-order valence-corrected chi connectivity index (χ4v) is 0.694. The van der Waals surface area contributed by atoms with E-state index in [9.17, 15) is 14.9 Å². The van der Waals surface area contributed by atoms with Crippen LogP contribution >= 0.6 is 0 Å². The van der Waals surface area contributed by atoms with E-state index in [1.807, 2.05) is 0 Å². The molecule has 80 valence electrons. The molecule has 1 aromatic heterocycles. The maximum Gasteiger partial charge on any atom is 0.411 e. The average molecular weight is 212 g/mol. The van der Waals surface area contributed by atoms with Crippen LogP contribution in [-0.4, -0.2) is 26.6 Å². The van der Waals surface area contributed by atoms with Crippen LogP contribution in [0.1, 0.15) is 24.3 Å². The van der Waals surface area contributed by atoms with Crippen LogP contribution in [0.3, 0.4) is 0 Å². The predicted molar refractivity (Wildman–Crippen MR) is 48.8 cm³/mol. The van der Waals surface area contributed by atoms with E-state index in [-0.39, 0.29) is 5.69 Å². The van der Waals surface area contributed by atoms with Crippen molar-refractivity contribution in [3.8, 4) is 0 Å². The summed E-state index contributed by atoms with van der Waals surface area (Å²) in [5, 5.41) is 16.2. The third-order valence-corrected chi connectivity index (χ3v) is 1.26. The lowest BCUT2D eigenvalue weighted by Gasteiger charge is -1.90. The number of rotatable bonds is 3. The van der Waals surface area contributed by atoms with Crippen LogP contribution in [-0.2, 0) is 4.84 Å². The van der Waals surface area contributed by atoms with Crippen molar-refractivity contribution >= 4 is 11.7 Å². The second-order valence-electron chi connectivity index (χ2n) is 2.78. The standard InChI is InChI=1S/C7H8N4O4/c1-5(2)9-15-7(12)6-3-4-10(8-6)11(13)14/h3-4H,1-2H3. The zero-order valence-electron chi connectivity index (χ0n) is 8.08. The summed E-state index contributed by atoms with van der Waals surface area (Å²) in [4.78, 5) is 26.2. The molecule has 0 N–H and O–H groups in total. The van der Waals surface area contributed by atoms with E-state index in [1.165, 1.54) is 6.07 Å². The van der Waals surface area contributed by atoms with Crippen LogP contribution in [0, 0.1) is 10.1 Å². The molecule has 0 saturated carbocycles. The van der Waals surface area contributed by atoms with Crippen LogP contribution < -0.4 is 0 Å². The number of aromatic nitrogens is 2. The van der Waals surface area contributed by atoms with E-state index in [2.05, 4.69) is 15.1 Å². The average Bonchev–Trinajstić information content (AvgIpc) is 2.62. The fourth-order valence-electron chi connectivity index (χ4n) is 0.694. The molecule has 0 fully saturated rings. The first kappa shape index (κ1) is 10.8. The summed E-state index contributed by atoms with van der Waals surface area (Å²) in [5.74, 6) is -0.836. The highest BCUT2D eigenvalue weighted by atomic mass is 16.7. The minimum atomic E-state index is -0.836. The van der Waals surface area contributed by atoms with Crippen LogP contribution in [0.4, 0.5) is 0 Å². The van der Waals surface area contributed by atoms with Crippen LogP contribution in [0.5, 0.6) is 0 Å². The summed E-state index contributed by atoms with van der Waals surface area (Å²) >= 11 is 0. The van der Waals surface area contributed by atoms with Crippen molar-refractivity contribution < 1.29 is 14.7 Å². The van der Waals surface area contributed by atoms with Crippen molar-refractivity contribution in [2.45, 2.75) is 13.8 Å². The lowest BCUT2D eigenvalue weighted by molar-refractivity contribution is -0.552. The van der Waals surface area contributed by atoms with Crippen molar-refractivity contribution in [1.29, 1.82) is 0 Å². The molecule has 0 radical (unpaired) electrons. The van der Waals surface area contributed by atoms with E-state index in [0.717, 1.165) is 6.20 Å². The smallest absolute Gasteiger partial charge is 0.339 e. The first-order valence-electron chi connectivity index (χ1n) is 3.93. The monoisotopic (exact) mass is 212 g/mol. The molecule has 0 aromatic carbocycles. The summed E-state index contributed by atoms with van der Waals surface area (Å²) in [6.45, 7) is 3.28. The molecule has 0 amide bonds. The molecule has 1 heterocycles. The number of oxime groups is 1. The number of nitro groups is 1. The van der Waals surface area contributed by atoms with Gasteiger partial charge in [-0.25, -0.2) is 4.79 Å². The van der Waals surface area contributed by atoms with Crippen molar-refractivity contribution in [2.24, 2.45) is 5.16 Å². The second-order valence-corrected chi connectivity index (χ2v) is 2.78. The molecular weight excluding hydrogens is 204 g/mol. The van der Waals surface area contributed by atoms with Gasteiger partial charge in [0.25, 0.3) is 5.69 Å². The molecule has 0 saturated heterocycles. The SMILES string of the molecule is CC(C)=NOC(=O)c1ccn([N+](=O)[O-])n1. The Kier molecular flexibility index (Phi) is 3.11. The lowest BCUT2D eigenvalue weighted by atomic mass is 10.4. The minimum Gasteiger partial charge on any atom is -0.339 e. The molecule has 0 unspecified atom stereocenters. The van der Waals surface area contributed by atoms with Gasteiger partial charge in [-0.1, -0.05) is 5.16 Å². The highest BCUT2D eigenvalue weighted by Gasteiger charge is 2.19. The van der Waals surface area contributed by atoms with Crippen molar-refractivity contribution in [2.75, 3.05) is 0 Å². The molecule has 1 aromatic rings. The van der Waals surface area contributed by atoms with E-state index in [4.69, 9.17) is 0 Å². The molecule has 1 rings (SSSR count). The lowest BCUT2D eigenvalue weighted by Crippen LogP contribution is -2.11. The number of hydrogen-bond acceptors (Lipinski definition) is 6. The summed E-state index contributed by atoms with van der Waals surface area (Å²) in [6.07, 6.45) is 1.04. The van der Waals surface area contributed by atoms with E-state index >= 15 is 0 Å². The number of carbonyl (C=O) groups excluding carboxylic acids is 1.